The van der Waals surface area contributed by atoms with Crippen molar-refractivity contribution in [2.45, 2.75) is 84.7 Å². The van der Waals surface area contributed by atoms with Gasteiger partial charge in [-0.2, -0.15) is 0 Å². The van der Waals surface area contributed by atoms with Crippen LogP contribution in [0.5, 0.6) is 0 Å². The summed E-state index contributed by atoms with van der Waals surface area (Å²) >= 11 is 0. The van der Waals surface area contributed by atoms with Gasteiger partial charge < -0.3 is 19.7 Å². The topological polar surface area (TPSA) is 98.6 Å². The van der Waals surface area contributed by atoms with Crippen molar-refractivity contribution in [1.29, 1.82) is 0 Å². The van der Waals surface area contributed by atoms with Crippen LogP contribution in [0.25, 0.3) is 0 Å². The van der Waals surface area contributed by atoms with E-state index in [-0.39, 0.29) is 34.7 Å². The molecule has 5 unspecified atom stereocenters. The fraction of sp³-hybridized carbons (Fsp3) is 0.857. The van der Waals surface area contributed by atoms with Gasteiger partial charge in [0.2, 0.25) is 0 Å². The number of esters is 1. The van der Waals surface area contributed by atoms with Crippen molar-refractivity contribution in [1.82, 2.24) is 5.32 Å². The number of nitrogens with one attached hydrogen (secondary N) is 1. The Hall–Kier alpha value is -1.96. The molecular formula is C28H43N3O5. The highest BCUT2D eigenvalue weighted by Crippen LogP contribution is 2.66. The summed E-state index contributed by atoms with van der Waals surface area (Å²) in [7, 11) is 1.62. The quantitative estimate of drug-likeness (QED) is 0.434. The highest BCUT2D eigenvalue weighted by atomic mass is 16.6. The van der Waals surface area contributed by atoms with E-state index >= 15 is 0 Å². The van der Waals surface area contributed by atoms with Crippen LogP contribution in [0.3, 0.4) is 0 Å². The van der Waals surface area contributed by atoms with E-state index in [4.69, 9.17) is 19.6 Å². The Morgan fingerprint density at radius 1 is 1.11 bits per heavy atom. The summed E-state index contributed by atoms with van der Waals surface area (Å²) in [5.74, 6) is 1.53. The van der Waals surface area contributed by atoms with Crippen molar-refractivity contribution in [2.75, 3.05) is 26.8 Å². The summed E-state index contributed by atoms with van der Waals surface area (Å²) < 4.78 is 5.86. The van der Waals surface area contributed by atoms with E-state index < -0.39 is 0 Å². The molecule has 8 nitrogen and oxygen atoms in total. The largest absolute Gasteiger partial charge is 0.465 e. The number of nitrogens with zero attached hydrogens (tertiary/aromatic N) is 2. The third kappa shape index (κ3) is 4.17. The first kappa shape index (κ1) is 25.7. The number of Topliss-reactive ketones (excluding diaryl/α,β-unsaturated/α-hetero) is 1. The van der Waals surface area contributed by atoms with Gasteiger partial charge >= 0.3 is 5.97 Å². The first-order chi connectivity index (χ1) is 17.3. The zero-order chi connectivity index (χ0) is 25.5. The number of carbonyl (C=O) groups is 2. The van der Waals surface area contributed by atoms with Gasteiger partial charge in [0.25, 0.3) is 0 Å². The molecule has 0 aromatic rings. The van der Waals surface area contributed by atoms with E-state index in [0.717, 1.165) is 75.9 Å². The average molecular weight is 502 g/mol. The van der Waals surface area contributed by atoms with Gasteiger partial charge in [0.15, 0.2) is 0 Å². The summed E-state index contributed by atoms with van der Waals surface area (Å²) in [4.78, 5) is 36.5. The molecule has 5 fully saturated rings. The molecule has 8 heteroatoms. The molecular weight excluding hydrogens is 458 g/mol. The van der Waals surface area contributed by atoms with Crippen molar-refractivity contribution >= 4 is 23.2 Å². The van der Waals surface area contributed by atoms with Crippen LogP contribution in [0.1, 0.15) is 78.6 Å². The molecule has 4 saturated carbocycles. The van der Waals surface area contributed by atoms with E-state index in [9.17, 15) is 9.59 Å². The Balaban J connectivity index is 1.54. The highest BCUT2D eigenvalue weighted by Gasteiger charge is 2.65. The Labute approximate surface area is 214 Å². The van der Waals surface area contributed by atoms with Gasteiger partial charge in [0, 0.05) is 49.0 Å². The molecule has 8 atom stereocenters. The molecule has 200 valence electrons. The number of oxime groups is 2. The second-order valence-corrected chi connectivity index (χ2v) is 12.1. The molecule has 0 radical (unpaired) electrons. The van der Waals surface area contributed by atoms with E-state index in [1.807, 2.05) is 0 Å². The van der Waals surface area contributed by atoms with Crippen LogP contribution < -0.4 is 5.32 Å². The number of ether oxygens (including phenoxy) is 1. The van der Waals surface area contributed by atoms with Crippen molar-refractivity contribution in [3.05, 3.63) is 0 Å². The summed E-state index contributed by atoms with van der Waals surface area (Å²) in [5.41, 5.74) is 1.69. The van der Waals surface area contributed by atoms with Crippen LogP contribution in [0.4, 0.5) is 0 Å². The molecule has 1 saturated heterocycles. The third-order valence-corrected chi connectivity index (χ3v) is 10.5. The fourth-order valence-electron chi connectivity index (χ4n) is 8.86. The molecule has 1 aliphatic heterocycles. The average Bonchev–Trinajstić information content (AvgIpc) is 3.49. The lowest BCUT2D eigenvalue weighted by atomic mass is 9.42. The number of ketones is 1. The number of hydrogen-bond acceptors (Lipinski definition) is 8. The van der Waals surface area contributed by atoms with Crippen molar-refractivity contribution in [3.63, 3.8) is 0 Å². The molecule has 36 heavy (non-hydrogen) atoms. The predicted octanol–water partition coefficient (Wildman–Crippen LogP) is 4.12. The minimum Gasteiger partial charge on any atom is -0.465 e. The van der Waals surface area contributed by atoms with Crippen LogP contribution in [0.2, 0.25) is 0 Å². The Morgan fingerprint density at radius 2 is 1.94 bits per heavy atom. The van der Waals surface area contributed by atoms with E-state index in [2.05, 4.69) is 24.3 Å². The zero-order valence-corrected chi connectivity index (χ0v) is 22.4. The van der Waals surface area contributed by atoms with Gasteiger partial charge in [-0.05, 0) is 69.2 Å². The molecule has 0 amide bonds. The van der Waals surface area contributed by atoms with Gasteiger partial charge in [-0.25, -0.2) is 0 Å². The number of fused-ring (bicyclic) bond motifs is 5. The lowest BCUT2D eigenvalue weighted by Crippen LogP contribution is -2.62. The van der Waals surface area contributed by atoms with Crippen LogP contribution in [0.15, 0.2) is 10.3 Å². The van der Waals surface area contributed by atoms with E-state index in [1.54, 1.807) is 7.11 Å². The normalized spacial score (nSPS) is 44.2. The standard InChI is InChI=1S/C28H43N3O5/c1-5-19-23(31-36-18-10-13-29-15-18)9-12-28(16-35-17(2)32)22-8-11-27(3)21(6-7-25(27)33)20(22)14-24(26(19)28)30-34-4/h18-22,26,29H,5-16H2,1-4H3/t18?,19-,20?,21?,22?,26?,27-,28-/m0/s1. The Kier molecular flexibility index (Phi) is 7.18. The number of carbonyl (C=O) groups excluding carboxylic acids is 2. The number of rotatable bonds is 6. The minimum absolute atomic E-state index is 0.0855. The van der Waals surface area contributed by atoms with Crippen LogP contribution in [0, 0.1) is 40.4 Å². The summed E-state index contributed by atoms with van der Waals surface area (Å²) in [6.07, 6.45) is 8.14. The van der Waals surface area contributed by atoms with Gasteiger partial charge in [-0.15, -0.1) is 0 Å². The van der Waals surface area contributed by atoms with E-state index in [0.29, 0.717) is 36.6 Å². The smallest absolute Gasteiger partial charge is 0.302 e. The van der Waals surface area contributed by atoms with Crippen LogP contribution in [-0.4, -0.2) is 56.1 Å². The molecule has 4 aliphatic carbocycles. The third-order valence-electron chi connectivity index (χ3n) is 10.5. The molecule has 0 spiro atoms. The second-order valence-electron chi connectivity index (χ2n) is 12.1. The molecule has 5 rings (SSSR count). The fourth-order valence-corrected chi connectivity index (χ4v) is 8.86. The summed E-state index contributed by atoms with van der Waals surface area (Å²) in [6.45, 7) is 8.11. The molecule has 1 heterocycles. The Morgan fingerprint density at radius 3 is 2.64 bits per heavy atom. The molecule has 5 aliphatic rings. The predicted molar refractivity (Wildman–Crippen MR) is 136 cm³/mol. The highest BCUT2D eigenvalue weighted by molar-refractivity contribution is 5.97. The monoisotopic (exact) mass is 501 g/mol. The first-order valence-electron chi connectivity index (χ1n) is 14.0. The molecule has 0 bridgehead atoms. The molecule has 0 aromatic heterocycles. The maximum atomic E-state index is 13.0. The van der Waals surface area contributed by atoms with Gasteiger partial charge in [0.05, 0.1) is 18.0 Å². The lowest BCUT2D eigenvalue weighted by molar-refractivity contribution is -0.156. The van der Waals surface area contributed by atoms with Gasteiger partial charge in [-0.3, -0.25) is 9.59 Å². The minimum atomic E-state index is -0.239. The van der Waals surface area contributed by atoms with E-state index in [1.165, 1.54) is 6.92 Å². The summed E-state index contributed by atoms with van der Waals surface area (Å²) in [5, 5.41) is 12.7. The van der Waals surface area contributed by atoms with Gasteiger partial charge in [-0.1, -0.05) is 24.2 Å². The maximum absolute atomic E-state index is 13.0. The Bertz CT molecular complexity index is 928. The number of hydrogen-bond donors (Lipinski definition) is 1. The zero-order valence-electron chi connectivity index (χ0n) is 22.4. The maximum Gasteiger partial charge on any atom is 0.302 e. The van der Waals surface area contributed by atoms with Crippen molar-refractivity contribution in [3.8, 4) is 0 Å². The summed E-state index contributed by atoms with van der Waals surface area (Å²) in [6, 6.07) is 0. The van der Waals surface area contributed by atoms with Crippen LogP contribution in [-0.2, 0) is 24.0 Å². The first-order valence-corrected chi connectivity index (χ1v) is 14.0. The lowest BCUT2D eigenvalue weighted by Gasteiger charge is -2.61. The molecule has 1 N–H and O–H groups in total. The van der Waals surface area contributed by atoms with Crippen LogP contribution >= 0.6 is 0 Å². The van der Waals surface area contributed by atoms with Crippen molar-refractivity contribution < 1.29 is 24.0 Å². The van der Waals surface area contributed by atoms with Gasteiger partial charge in [0.1, 0.15) is 19.0 Å². The molecule has 0 aromatic carbocycles. The SMILES string of the molecule is CC[C@H]1C(=NOC2CCNC2)CC[C@]2(COC(C)=O)C3CC[C@]4(C)C(=O)CCC4C3CC(=NOC)C12. The second kappa shape index (κ2) is 10.1. The van der Waals surface area contributed by atoms with Crippen molar-refractivity contribution in [2.24, 2.45) is 50.7 Å².